The number of hydrogen-bond donors (Lipinski definition) is 0. The van der Waals surface area contributed by atoms with E-state index in [4.69, 9.17) is 9.47 Å². The summed E-state index contributed by atoms with van der Waals surface area (Å²) in [5.74, 6) is -0.0614. The molecule has 2 aromatic rings. The van der Waals surface area contributed by atoms with Crippen molar-refractivity contribution in [3.05, 3.63) is 52.5 Å². The van der Waals surface area contributed by atoms with Crippen molar-refractivity contribution >= 4 is 31.7 Å². The molecule has 0 atom stereocenters. The number of para-hydroxylation sites is 1. The van der Waals surface area contributed by atoms with Crippen LogP contribution >= 0.6 is 15.9 Å². The second kappa shape index (κ2) is 6.50. The molecule has 0 N–H and O–H groups in total. The minimum atomic E-state index is -3.53. The maximum absolute atomic E-state index is 12.3. The van der Waals surface area contributed by atoms with E-state index in [9.17, 15) is 13.2 Å². The van der Waals surface area contributed by atoms with Crippen molar-refractivity contribution in [3.63, 3.8) is 0 Å². The zero-order chi connectivity index (χ0) is 16.3. The van der Waals surface area contributed by atoms with Crippen LogP contribution in [0.15, 0.2) is 51.8 Å². The van der Waals surface area contributed by atoms with Crippen LogP contribution in [0.2, 0.25) is 0 Å². The molecular weight excluding hydrogens is 372 g/mol. The first kappa shape index (κ1) is 16.5. The van der Waals surface area contributed by atoms with Crippen LogP contribution in [0, 0.1) is 0 Å². The topological polar surface area (TPSA) is 69.7 Å². The summed E-state index contributed by atoms with van der Waals surface area (Å²) in [5.41, 5.74) is 0.0728. The maximum Gasteiger partial charge on any atom is 0.344 e. The standard InChI is InChI=1S/C15H13BrO5S/c1-20-11-8-12(14(16)13(9-11)22(2,18)19)15(17)21-10-6-4-3-5-7-10/h3-9H,1-2H3. The molecule has 0 saturated heterocycles. The van der Waals surface area contributed by atoms with E-state index in [-0.39, 0.29) is 20.7 Å². The van der Waals surface area contributed by atoms with Crippen LogP contribution in [0.5, 0.6) is 11.5 Å². The second-order valence-electron chi connectivity index (χ2n) is 4.46. The number of benzene rings is 2. The normalized spacial score (nSPS) is 11.0. The van der Waals surface area contributed by atoms with Gasteiger partial charge in [-0.3, -0.25) is 0 Å². The second-order valence-corrected chi connectivity index (χ2v) is 7.24. The Balaban J connectivity index is 2.48. The van der Waals surface area contributed by atoms with Crippen LogP contribution in [0.1, 0.15) is 10.4 Å². The molecule has 0 saturated carbocycles. The van der Waals surface area contributed by atoms with Crippen LogP contribution in [0.3, 0.4) is 0 Å². The number of esters is 1. The Morgan fingerprint density at radius 1 is 1.09 bits per heavy atom. The highest BCUT2D eigenvalue weighted by Crippen LogP contribution is 2.31. The van der Waals surface area contributed by atoms with Gasteiger partial charge in [-0.1, -0.05) is 18.2 Å². The SMILES string of the molecule is COc1cc(C(=O)Oc2ccccc2)c(Br)c(S(C)(=O)=O)c1. The number of rotatable bonds is 4. The molecule has 0 aromatic heterocycles. The molecule has 0 fully saturated rings. The number of ether oxygens (including phenoxy) is 2. The van der Waals surface area contributed by atoms with Crippen molar-refractivity contribution in [2.24, 2.45) is 0 Å². The van der Waals surface area contributed by atoms with E-state index in [1.54, 1.807) is 30.3 Å². The van der Waals surface area contributed by atoms with Gasteiger partial charge in [-0.05, 0) is 40.2 Å². The Labute approximate surface area is 136 Å². The number of methoxy groups -OCH3 is 1. The molecule has 22 heavy (non-hydrogen) atoms. The first-order valence-corrected chi connectivity index (χ1v) is 8.86. The molecule has 5 nitrogen and oxygen atoms in total. The zero-order valence-corrected chi connectivity index (χ0v) is 14.3. The lowest BCUT2D eigenvalue weighted by Gasteiger charge is -2.11. The summed E-state index contributed by atoms with van der Waals surface area (Å²) >= 11 is 3.16. The quantitative estimate of drug-likeness (QED) is 0.598. The predicted octanol–water partition coefficient (Wildman–Crippen LogP) is 3.08. The first-order chi connectivity index (χ1) is 10.3. The fourth-order valence-corrected chi connectivity index (χ4v) is 3.80. The molecule has 0 radical (unpaired) electrons. The zero-order valence-electron chi connectivity index (χ0n) is 11.9. The molecule has 2 aromatic carbocycles. The fraction of sp³-hybridized carbons (Fsp3) is 0.133. The summed E-state index contributed by atoms with van der Waals surface area (Å²) in [6.45, 7) is 0. The Hall–Kier alpha value is -1.86. The molecule has 0 unspecified atom stereocenters. The van der Waals surface area contributed by atoms with Gasteiger partial charge in [-0.25, -0.2) is 13.2 Å². The van der Waals surface area contributed by atoms with E-state index in [1.807, 2.05) is 0 Å². The van der Waals surface area contributed by atoms with Crippen molar-refractivity contribution < 1.29 is 22.7 Å². The van der Waals surface area contributed by atoms with Gasteiger partial charge >= 0.3 is 5.97 Å². The molecule has 0 amide bonds. The summed E-state index contributed by atoms with van der Waals surface area (Å²) in [6.07, 6.45) is 1.05. The van der Waals surface area contributed by atoms with Crippen molar-refractivity contribution in [2.45, 2.75) is 4.90 Å². The monoisotopic (exact) mass is 384 g/mol. The third kappa shape index (κ3) is 3.66. The average molecular weight is 385 g/mol. The summed E-state index contributed by atoms with van der Waals surface area (Å²) < 4.78 is 34.1. The van der Waals surface area contributed by atoms with Crippen LogP contribution in [-0.4, -0.2) is 27.8 Å². The van der Waals surface area contributed by atoms with E-state index >= 15 is 0 Å². The highest BCUT2D eigenvalue weighted by atomic mass is 79.9. The average Bonchev–Trinajstić information content (AvgIpc) is 2.47. The number of hydrogen-bond acceptors (Lipinski definition) is 5. The third-order valence-corrected chi connectivity index (χ3v) is 5.06. The number of carbonyl (C=O) groups excluding carboxylic acids is 1. The maximum atomic E-state index is 12.3. The highest BCUT2D eigenvalue weighted by molar-refractivity contribution is 9.10. The molecule has 0 spiro atoms. The highest BCUT2D eigenvalue weighted by Gasteiger charge is 2.22. The van der Waals surface area contributed by atoms with Gasteiger partial charge in [0.05, 0.1) is 22.0 Å². The van der Waals surface area contributed by atoms with Gasteiger partial charge in [-0.15, -0.1) is 0 Å². The molecule has 0 heterocycles. The molecular formula is C15H13BrO5S. The third-order valence-electron chi connectivity index (χ3n) is 2.82. The molecule has 2 rings (SSSR count). The Bertz CT molecular complexity index is 800. The smallest absolute Gasteiger partial charge is 0.344 e. The largest absolute Gasteiger partial charge is 0.497 e. The van der Waals surface area contributed by atoms with Crippen LogP contribution < -0.4 is 9.47 Å². The van der Waals surface area contributed by atoms with Crippen LogP contribution in [0.4, 0.5) is 0 Å². The molecule has 0 aliphatic rings. The minimum absolute atomic E-state index is 0.0353. The van der Waals surface area contributed by atoms with Gasteiger partial charge in [-0.2, -0.15) is 0 Å². The van der Waals surface area contributed by atoms with E-state index in [1.165, 1.54) is 19.2 Å². The lowest BCUT2D eigenvalue weighted by molar-refractivity contribution is 0.0733. The Kier molecular flexibility index (Phi) is 4.87. The predicted molar refractivity (Wildman–Crippen MR) is 85.2 cm³/mol. The van der Waals surface area contributed by atoms with Gasteiger partial charge in [0.2, 0.25) is 0 Å². The molecule has 0 aliphatic heterocycles. The minimum Gasteiger partial charge on any atom is -0.497 e. The lowest BCUT2D eigenvalue weighted by atomic mass is 10.2. The molecule has 116 valence electrons. The Morgan fingerprint density at radius 3 is 2.27 bits per heavy atom. The summed E-state index contributed by atoms with van der Waals surface area (Å²) in [6, 6.07) is 11.3. The van der Waals surface area contributed by atoms with Gasteiger partial charge in [0, 0.05) is 6.26 Å². The van der Waals surface area contributed by atoms with Gasteiger partial charge in [0.25, 0.3) is 0 Å². The summed E-state index contributed by atoms with van der Waals surface area (Å²) in [5, 5.41) is 0. The van der Waals surface area contributed by atoms with E-state index < -0.39 is 15.8 Å². The van der Waals surface area contributed by atoms with Crippen LogP contribution in [-0.2, 0) is 9.84 Å². The molecule has 7 heteroatoms. The van der Waals surface area contributed by atoms with Gasteiger partial charge in [0.15, 0.2) is 9.84 Å². The number of halogens is 1. The van der Waals surface area contributed by atoms with E-state index in [0.29, 0.717) is 5.75 Å². The molecule has 0 aliphatic carbocycles. The van der Waals surface area contributed by atoms with Crippen molar-refractivity contribution in [2.75, 3.05) is 13.4 Å². The summed E-state index contributed by atoms with van der Waals surface area (Å²) in [7, 11) is -2.14. The van der Waals surface area contributed by atoms with E-state index in [0.717, 1.165) is 6.26 Å². The lowest BCUT2D eigenvalue weighted by Crippen LogP contribution is -2.12. The number of carbonyl (C=O) groups is 1. The van der Waals surface area contributed by atoms with Gasteiger partial charge in [0.1, 0.15) is 11.5 Å². The van der Waals surface area contributed by atoms with E-state index in [2.05, 4.69) is 15.9 Å². The van der Waals surface area contributed by atoms with Crippen molar-refractivity contribution in [3.8, 4) is 11.5 Å². The number of sulfone groups is 1. The van der Waals surface area contributed by atoms with Crippen LogP contribution in [0.25, 0.3) is 0 Å². The van der Waals surface area contributed by atoms with Crippen molar-refractivity contribution in [1.29, 1.82) is 0 Å². The first-order valence-electron chi connectivity index (χ1n) is 6.17. The van der Waals surface area contributed by atoms with Crippen molar-refractivity contribution in [1.82, 2.24) is 0 Å². The fourth-order valence-electron chi connectivity index (χ4n) is 1.76. The Morgan fingerprint density at radius 2 is 1.73 bits per heavy atom. The molecule has 0 bridgehead atoms. The van der Waals surface area contributed by atoms with Gasteiger partial charge < -0.3 is 9.47 Å². The summed E-state index contributed by atoms with van der Waals surface area (Å²) in [4.78, 5) is 12.2.